The minimum Gasteiger partial charge on any atom is -0.497 e. The van der Waals surface area contributed by atoms with Crippen LogP contribution >= 0.6 is 12.4 Å². The lowest BCUT2D eigenvalue weighted by Crippen LogP contribution is -2.38. The Kier molecular flexibility index (Phi) is 5.95. The van der Waals surface area contributed by atoms with Crippen molar-refractivity contribution >= 4 is 12.4 Å². The van der Waals surface area contributed by atoms with Crippen LogP contribution in [0.5, 0.6) is 11.5 Å². The summed E-state index contributed by atoms with van der Waals surface area (Å²) in [6.45, 7) is 3.20. The molecule has 3 unspecified atom stereocenters. The molecule has 3 atom stereocenters. The lowest BCUT2D eigenvalue weighted by atomic mass is 9.78. The number of likely N-dealkylation sites (tertiary alicyclic amines) is 1. The van der Waals surface area contributed by atoms with Gasteiger partial charge >= 0.3 is 0 Å². The van der Waals surface area contributed by atoms with Crippen molar-refractivity contribution in [3.63, 3.8) is 0 Å². The minimum atomic E-state index is 0. The number of benzene rings is 1. The third kappa shape index (κ3) is 3.50. The van der Waals surface area contributed by atoms with E-state index in [1.165, 1.54) is 31.4 Å². The van der Waals surface area contributed by atoms with Gasteiger partial charge in [-0.2, -0.15) is 0 Å². The Morgan fingerprint density at radius 2 is 2.00 bits per heavy atom. The zero-order valence-electron chi connectivity index (χ0n) is 13.5. The van der Waals surface area contributed by atoms with Crippen LogP contribution in [0.25, 0.3) is 0 Å². The van der Waals surface area contributed by atoms with Crippen LogP contribution < -0.4 is 15.2 Å². The van der Waals surface area contributed by atoms with Gasteiger partial charge in [-0.15, -0.1) is 12.4 Å². The second kappa shape index (κ2) is 7.53. The molecule has 0 bridgehead atoms. The third-order valence-electron chi connectivity index (χ3n) is 5.11. The first-order valence-corrected chi connectivity index (χ1v) is 7.90. The number of methoxy groups -OCH3 is 2. The molecule has 2 aliphatic rings. The van der Waals surface area contributed by atoms with Crippen LogP contribution in [0.15, 0.2) is 18.2 Å². The van der Waals surface area contributed by atoms with Gasteiger partial charge in [0.1, 0.15) is 11.5 Å². The molecule has 2 fully saturated rings. The van der Waals surface area contributed by atoms with E-state index in [1.807, 2.05) is 12.1 Å². The van der Waals surface area contributed by atoms with Crippen molar-refractivity contribution < 1.29 is 9.47 Å². The van der Waals surface area contributed by atoms with Gasteiger partial charge in [-0.25, -0.2) is 0 Å². The number of nitrogens with two attached hydrogens (primary N) is 1. The number of nitrogens with zero attached hydrogens (tertiary/aromatic N) is 1. The van der Waals surface area contributed by atoms with Crippen LogP contribution in [-0.2, 0) is 6.54 Å². The van der Waals surface area contributed by atoms with Crippen LogP contribution in [-0.4, -0.2) is 38.3 Å². The summed E-state index contributed by atoms with van der Waals surface area (Å²) in [5.41, 5.74) is 7.50. The van der Waals surface area contributed by atoms with Crippen molar-refractivity contribution in [1.29, 1.82) is 0 Å². The molecule has 5 heteroatoms. The Balaban J connectivity index is 0.00000176. The standard InChI is InChI=1S/C17H26N2O2.ClH/c1-20-14-6-7-17(21-2)13(8-14)10-19-9-12-4-3-5-16(18)15(12)11-19;/h6-8,12,15-16H,3-5,9-11,18H2,1-2H3;1H. The molecule has 0 spiro atoms. The highest BCUT2D eigenvalue weighted by atomic mass is 35.5. The number of hydrogen-bond donors (Lipinski definition) is 1. The second-order valence-electron chi connectivity index (χ2n) is 6.39. The summed E-state index contributed by atoms with van der Waals surface area (Å²) in [5, 5.41) is 0. The van der Waals surface area contributed by atoms with Crippen molar-refractivity contribution in [1.82, 2.24) is 4.90 Å². The molecule has 1 aliphatic heterocycles. The number of ether oxygens (including phenoxy) is 2. The summed E-state index contributed by atoms with van der Waals surface area (Å²) in [5.74, 6) is 3.29. The molecule has 124 valence electrons. The van der Waals surface area contributed by atoms with E-state index in [2.05, 4.69) is 11.0 Å². The van der Waals surface area contributed by atoms with Gasteiger partial charge in [0, 0.05) is 31.2 Å². The van der Waals surface area contributed by atoms with Gasteiger partial charge in [0.2, 0.25) is 0 Å². The van der Waals surface area contributed by atoms with Gasteiger partial charge in [-0.05, 0) is 42.9 Å². The third-order valence-corrected chi connectivity index (χ3v) is 5.11. The first-order valence-electron chi connectivity index (χ1n) is 7.90. The van der Waals surface area contributed by atoms with Crippen molar-refractivity contribution in [3.8, 4) is 11.5 Å². The predicted molar refractivity (Wildman–Crippen MR) is 90.9 cm³/mol. The normalized spacial score (nSPS) is 27.9. The van der Waals surface area contributed by atoms with E-state index in [0.717, 1.165) is 30.5 Å². The second-order valence-corrected chi connectivity index (χ2v) is 6.39. The molecule has 3 rings (SSSR count). The Morgan fingerprint density at radius 1 is 1.18 bits per heavy atom. The number of halogens is 1. The Bertz CT molecular complexity index is 498. The Hall–Kier alpha value is -0.970. The highest BCUT2D eigenvalue weighted by Gasteiger charge is 2.38. The number of fused-ring (bicyclic) bond motifs is 1. The average molecular weight is 327 g/mol. The fraction of sp³-hybridized carbons (Fsp3) is 0.647. The molecule has 0 amide bonds. The smallest absolute Gasteiger partial charge is 0.123 e. The average Bonchev–Trinajstić information content (AvgIpc) is 2.91. The van der Waals surface area contributed by atoms with E-state index >= 15 is 0 Å². The van der Waals surface area contributed by atoms with Crippen LogP contribution in [0.3, 0.4) is 0 Å². The lowest BCUT2D eigenvalue weighted by molar-refractivity contribution is 0.259. The largest absolute Gasteiger partial charge is 0.497 e. The minimum absolute atomic E-state index is 0. The number of rotatable bonds is 4. The van der Waals surface area contributed by atoms with Gasteiger partial charge in [0.05, 0.1) is 14.2 Å². The van der Waals surface area contributed by atoms with Crippen molar-refractivity contribution in [2.75, 3.05) is 27.3 Å². The van der Waals surface area contributed by atoms with E-state index in [9.17, 15) is 0 Å². The maximum Gasteiger partial charge on any atom is 0.123 e. The Morgan fingerprint density at radius 3 is 2.68 bits per heavy atom. The summed E-state index contributed by atoms with van der Waals surface area (Å²) in [7, 11) is 3.43. The van der Waals surface area contributed by atoms with Gasteiger partial charge in [0.15, 0.2) is 0 Å². The van der Waals surface area contributed by atoms with Gasteiger partial charge in [-0.3, -0.25) is 4.90 Å². The fourth-order valence-electron chi connectivity index (χ4n) is 3.98. The summed E-state index contributed by atoms with van der Waals surface area (Å²) in [6, 6.07) is 6.41. The number of hydrogen-bond acceptors (Lipinski definition) is 4. The molecule has 22 heavy (non-hydrogen) atoms. The molecule has 0 aromatic heterocycles. The van der Waals surface area contributed by atoms with Crippen LogP contribution in [0.2, 0.25) is 0 Å². The molecule has 1 aromatic rings. The van der Waals surface area contributed by atoms with E-state index in [1.54, 1.807) is 14.2 Å². The molecular formula is C17H27ClN2O2. The Labute approximate surface area is 139 Å². The summed E-state index contributed by atoms with van der Waals surface area (Å²) >= 11 is 0. The molecule has 1 saturated heterocycles. The zero-order valence-corrected chi connectivity index (χ0v) is 14.3. The summed E-state index contributed by atoms with van der Waals surface area (Å²) < 4.78 is 10.8. The predicted octanol–water partition coefficient (Wildman–Crippen LogP) is 2.68. The molecule has 0 radical (unpaired) electrons. The maximum atomic E-state index is 6.31. The molecule has 1 aromatic carbocycles. The SMILES string of the molecule is COc1ccc(OC)c(CN2CC3CCCC(N)C3C2)c1.Cl. The molecule has 2 N–H and O–H groups in total. The van der Waals surface area contributed by atoms with Crippen LogP contribution in [0.1, 0.15) is 24.8 Å². The highest BCUT2D eigenvalue weighted by Crippen LogP contribution is 2.37. The zero-order chi connectivity index (χ0) is 14.8. The summed E-state index contributed by atoms with van der Waals surface area (Å²) in [6.07, 6.45) is 3.82. The van der Waals surface area contributed by atoms with Crippen molar-refractivity contribution in [2.24, 2.45) is 17.6 Å². The van der Waals surface area contributed by atoms with E-state index in [0.29, 0.717) is 12.0 Å². The molecular weight excluding hydrogens is 300 g/mol. The van der Waals surface area contributed by atoms with Gasteiger partial charge < -0.3 is 15.2 Å². The van der Waals surface area contributed by atoms with Crippen molar-refractivity contribution in [3.05, 3.63) is 23.8 Å². The van der Waals surface area contributed by atoms with Crippen LogP contribution in [0.4, 0.5) is 0 Å². The first-order chi connectivity index (χ1) is 10.2. The maximum absolute atomic E-state index is 6.31. The van der Waals surface area contributed by atoms with Crippen LogP contribution in [0, 0.1) is 11.8 Å². The van der Waals surface area contributed by atoms with Gasteiger partial charge in [-0.1, -0.05) is 6.42 Å². The lowest BCUT2D eigenvalue weighted by Gasteiger charge is -2.29. The molecule has 1 saturated carbocycles. The van der Waals surface area contributed by atoms with E-state index in [4.69, 9.17) is 15.2 Å². The quantitative estimate of drug-likeness (QED) is 0.924. The molecule has 1 heterocycles. The molecule has 4 nitrogen and oxygen atoms in total. The fourth-order valence-corrected chi connectivity index (χ4v) is 3.98. The summed E-state index contributed by atoms with van der Waals surface area (Å²) in [4.78, 5) is 2.53. The van der Waals surface area contributed by atoms with E-state index in [-0.39, 0.29) is 12.4 Å². The topological polar surface area (TPSA) is 47.7 Å². The monoisotopic (exact) mass is 326 g/mol. The van der Waals surface area contributed by atoms with Gasteiger partial charge in [0.25, 0.3) is 0 Å². The highest BCUT2D eigenvalue weighted by molar-refractivity contribution is 5.85. The molecule has 1 aliphatic carbocycles. The van der Waals surface area contributed by atoms with E-state index < -0.39 is 0 Å². The van der Waals surface area contributed by atoms with Crippen molar-refractivity contribution in [2.45, 2.75) is 31.8 Å². The first kappa shape index (κ1) is 17.4.